The second-order valence-corrected chi connectivity index (χ2v) is 8.01. The second kappa shape index (κ2) is 12.2. The van der Waals surface area contributed by atoms with E-state index in [0.717, 1.165) is 31.6 Å². The molecule has 30 heavy (non-hydrogen) atoms. The third kappa shape index (κ3) is 6.45. The van der Waals surface area contributed by atoms with Gasteiger partial charge in [0.1, 0.15) is 5.82 Å². The Morgan fingerprint density at radius 1 is 0.967 bits per heavy atom. The molecule has 0 spiro atoms. The summed E-state index contributed by atoms with van der Waals surface area (Å²) in [6.07, 6.45) is 9.66. The highest BCUT2D eigenvalue weighted by Crippen LogP contribution is 2.32. The molecule has 0 atom stereocenters. The third-order valence-corrected chi connectivity index (χ3v) is 5.46. The summed E-state index contributed by atoms with van der Waals surface area (Å²) in [5.41, 5.74) is 2.88. The molecule has 1 aromatic carbocycles. The number of unbranched alkanes of at least 4 members (excludes halogenated alkanes) is 6. The normalized spacial score (nSPS) is 10.8. The summed E-state index contributed by atoms with van der Waals surface area (Å²) in [6, 6.07) is 7.32. The standard InChI is InChI=1S/C25H36N4O/c1-6-8-10-12-16-28(17-13-11-9-7-2)24-15-14-22(19-23(24)26-5)29-21(4)27-20(3)18-25(29)30/h14-15,18-19H,6-13,16-17H2,1-4H3. The van der Waals surface area contributed by atoms with Crippen LogP contribution in [0, 0.1) is 20.4 Å². The fourth-order valence-corrected chi connectivity index (χ4v) is 3.87. The Balaban J connectivity index is 2.32. The van der Waals surface area contributed by atoms with Crippen LogP contribution in [0.5, 0.6) is 0 Å². The smallest absolute Gasteiger partial charge is 0.258 e. The van der Waals surface area contributed by atoms with E-state index in [1.54, 1.807) is 4.57 Å². The number of hydrogen-bond acceptors (Lipinski definition) is 3. The lowest BCUT2D eigenvalue weighted by molar-refractivity contribution is 0.609. The van der Waals surface area contributed by atoms with E-state index in [9.17, 15) is 4.79 Å². The van der Waals surface area contributed by atoms with Crippen molar-refractivity contribution < 1.29 is 0 Å². The first-order valence-corrected chi connectivity index (χ1v) is 11.4. The first-order valence-electron chi connectivity index (χ1n) is 11.4. The minimum Gasteiger partial charge on any atom is -0.380 e. The number of aromatic nitrogens is 2. The number of rotatable bonds is 12. The summed E-state index contributed by atoms with van der Waals surface area (Å²) in [4.78, 5) is 23.1. The molecule has 0 fully saturated rings. The maximum atomic E-state index is 12.5. The maximum absolute atomic E-state index is 12.5. The molecule has 5 heteroatoms. The predicted molar refractivity (Wildman–Crippen MR) is 126 cm³/mol. The first-order chi connectivity index (χ1) is 14.5. The van der Waals surface area contributed by atoms with Gasteiger partial charge in [-0.05, 0) is 44.9 Å². The molecule has 5 nitrogen and oxygen atoms in total. The van der Waals surface area contributed by atoms with Gasteiger partial charge in [-0.15, -0.1) is 0 Å². The number of benzene rings is 1. The van der Waals surface area contributed by atoms with Crippen LogP contribution in [0.1, 0.15) is 76.7 Å². The van der Waals surface area contributed by atoms with Gasteiger partial charge in [-0.3, -0.25) is 9.36 Å². The Bertz CT molecular complexity index is 898. The summed E-state index contributed by atoms with van der Waals surface area (Å²) in [5.74, 6) is 0.639. The zero-order chi connectivity index (χ0) is 21.9. The lowest BCUT2D eigenvalue weighted by Crippen LogP contribution is -2.26. The van der Waals surface area contributed by atoms with Gasteiger partial charge in [0.15, 0.2) is 0 Å². The molecular formula is C25H36N4O. The Morgan fingerprint density at radius 2 is 1.60 bits per heavy atom. The molecule has 162 valence electrons. The summed E-state index contributed by atoms with van der Waals surface area (Å²) in [6.45, 7) is 17.8. The zero-order valence-electron chi connectivity index (χ0n) is 19.1. The first kappa shape index (κ1) is 23.7. The van der Waals surface area contributed by atoms with E-state index >= 15 is 0 Å². The van der Waals surface area contributed by atoms with E-state index in [4.69, 9.17) is 6.57 Å². The van der Waals surface area contributed by atoms with E-state index in [1.807, 2.05) is 32.0 Å². The highest BCUT2D eigenvalue weighted by Gasteiger charge is 2.14. The van der Waals surface area contributed by atoms with Gasteiger partial charge in [0.2, 0.25) is 5.69 Å². The average Bonchev–Trinajstić information content (AvgIpc) is 2.72. The average molecular weight is 409 g/mol. The lowest BCUT2D eigenvalue weighted by atomic mass is 10.1. The highest BCUT2D eigenvalue weighted by atomic mass is 16.1. The summed E-state index contributed by atoms with van der Waals surface area (Å²) >= 11 is 0. The zero-order valence-corrected chi connectivity index (χ0v) is 19.1. The summed E-state index contributed by atoms with van der Waals surface area (Å²) in [5, 5.41) is 0. The topological polar surface area (TPSA) is 42.5 Å². The lowest BCUT2D eigenvalue weighted by Gasteiger charge is -2.27. The molecule has 0 saturated heterocycles. The van der Waals surface area contributed by atoms with Crippen LogP contribution >= 0.6 is 0 Å². The van der Waals surface area contributed by atoms with Gasteiger partial charge in [-0.25, -0.2) is 9.83 Å². The second-order valence-electron chi connectivity index (χ2n) is 8.01. The third-order valence-electron chi connectivity index (χ3n) is 5.46. The van der Waals surface area contributed by atoms with Gasteiger partial charge in [0.05, 0.1) is 6.57 Å². The van der Waals surface area contributed by atoms with E-state index < -0.39 is 0 Å². The predicted octanol–water partition coefficient (Wildman–Crippen LogP) is 6.37. The molecule has 1 heterocycles. The Kier molecular flexibility index (Phi) is 9.60. The fraction of sp³-hybridized carbons (Fsp3) is 0.560. The van der Waals surface area contributed by atoms with Crippen LogP contribution in [0.2, 0.25) is 0 Å². The summed E-state index contributed by atoms with van der Waals surface area (Å²) < 4.78 is 1.58. The fourth-order valence-electron chi connectivity index (χ4n) is 3.87. The van der Waals surface area contributed by atoms with Gasteiger partial charge in [-0.2, -0.15) is 0 Å². The number of hydrogen-bond donors (Lipinski definition) is 0. The minimum atomic E-state index is -0.111. The minimum absolute atomic E-state index is 0.111. The molecule has 0 N–H and O–H groups in total. The number of nitrogens with zero attached hydrogens (tertiary/aromatic N) is 4. The van der Waals surface area contributed by atoms with Crippen molar-refractivity contribution in [1.29, 1.82) is 0 Å². The molecule has 0 unspecified atom stereocenters. The number of aryl methyl sites for hydroxylation is 2. The number of anilines is 1. The van der Waals surface area contributed by atoms with Gasteiger partial charge < -0.3 is 4.90 Å². The molecule has 1 aromatic heterocycles. The largest absolute Gasteiger partial charge is 0.380 e. The van der Waals surface area contributed by atoms with Crippen LogP contribution in [-0.2, 0) is 0 Å². The maximum Gasteiger partial charge on any atom is 0.258 e. The highest BCUT2D eigenvalue weighted by molar-refractivity contribution is 5.73. The van der Waals surface area contributed by atoms with Gasteiger partial charge in [0, 0.05) is 36.2 Å². The van der Waals surface area contributed by atoms with E-state index in [-0.39, 0.29) is 5.56 Å². The molecule has 0 aliphatic heterocycles. The molecule has 0 radical (unpaired) electrons. The molecule has 2 rings (SSSR count). The van der Waals surface area contributed by atoms with Crippen molar-refractivity contribution in [2.24, 2.45) is 0 Å². The van der Waals surface area contributed by atoms with Crippen molar-refractivity contribution in [3.8, 4) is 5.69 Å². The Labute approximate surface area is 181 Å². The summed E-state index contributed by atoms with van der Waals surface area (Å²) in [7, 11) is 0. The van der Waals surface area contributed by atoms with Gasteiger partial charge in [0.25, 0.3) is 5.56 Å². The van der Waals surface area contributed by atoms with Crippen LogP contribution in [0.15, 0.2) is 29.1 Å². The molecular weight excluding hydrogens is 372 g/mol. The van der Waals surface area contributed by atoms with Crippen LogP contribution in [0.25, 0.3) is 10.5 Å². The van der Waals surface area contributed by atoms with Gasteiger partial charge in [-0.1, -0.05) is 52.4 Å². The van der Waals surface area contributed by atoms with Crippen LogP contribution < -0.4 is 10.5 Å². The quantitative estimate of drug-likeness (QED) is 0.303. The monoisotopic (exact) mass is 408 g/mol. The SMILES string of the molecule is [C-]#[N+]c1cc(-n2c(C)nc(C)cc2=O)ccc1N(CCCCCC)CCCCCC. The molecule has 0 saturated carbocycles. The molecule has 0 amide bonds. The van der Waals surface area contributed by atoms with Crippen molar-refractivity contribution in [3.05, 3.63) is 57.6 Å². The molecule has 0 bridgehead atoms. The molecule has 0 aliphatic rings. The van der Waals surface area contributed by atoms with E-state index in [0.29, 0.717) is 22.9 Å². The molecule has 0 aliphatic carbocycles. The van der Waals surface area contributed by atoms with Crippen LogP contribution in [0.3, 0.4) is 0 Å². The van der Waals surface area contributed by atoms with Crippen LogP contribution in [0.4, 0.5) is 11.4 Å². The molecule has 2 aromatic rings. The van der Waals surface area contributed by atoms with Crippen molar-refractivity contribution in [3.63, 3.8) is 0 Å². The van der Waals surface area contributed by atoms with Crippen molar-refractivity contribution >= 4 is 11.4 Å². The van der Waals surface area contributed by atoms with E-state index in [1.165, 1.54) is 44.6 Å². The van der Waals surface area contributed by atoms with Crippen molar-refractivity contribution in [2.45, 2.75) is 79.1 Å². The van der Waals surface area contributed by atoms with Crippen molar-refractivity contribution in [2.75, 3.05) is 18.0 Å². The van der Waals surface area contributed by atoms with Crippen LogP contribution in [-0.4, -0.2) is 22.6 Å². The van der Waals surface area contributed by atoms with Gasteiger partial charge >= 0.3 is 0 Å². The van der Waals surface area contributed by atoms with Crippen molar-refractivity contribution in [1.82, 2.24) is 9.55 Å². The van der Waals surface area contributed by atoms with E-state index in [2.05, 4.69) is 28.6 Å². The Hall–Kier alpha value is -2.61. The Morgan fingerprint density at radius 3 is 2.13 bits per heavy atom.